The lowest BCUT2D eigenvalue weighted by atomic mass is 9.82. The van der Waals surface area contributed by atoms with Crippen LogP contribution in [0, 0.1) is 24.2 Å². The number of para-hydroxylation sites is 1. The van der Waals surface area contributed by atoms with Gasteiger partial charge in [-0.25, -0.2) is 18.5 Å². The van der Waals surface area contributed by atoms with E-state index in [1.165, 1.54) is 29.0 Å². The number of aromatic nitrogens is 3. The van der Waals surface area contributed by atoms with Gasteiger partial charge in [-0.2, -0.15) is 15.4 Å². The predicted molar refractivity (Wildman–Crippen MR) is 144 cm³/mol. The number of hydrogen-bond donors (Lipinski definition) is 2. The number of nitrogens with one attached hydrogen (secondary N) is 1. The number of nitrogens with zero attached hydrogens (tertiary/aromatic N) is 4. The molecule has 6 atom stereocenters. The molecular formula is C27H33FN5O7P. The number of benzene rings is 1. The Hall–Kier alpha value is -3.40. The van der Waals surface area contributed by atoms with Crippen molar-refractivity contribution in [2.45, 2.75) is 64.1 Å². The molecule has 12 nitrogen and oxygen atoms in total. The van der Waals surface area contributed by atoms with E-state index in [4.69, 9.17) is 18.5 Å². The zero-order valence-corrected chi connectivity index (χ0v) is 24.2. The van der Waals surface area contributed by atoms with Gasteiger partial charge in [0.15, 0.2) is 5.67 Å². The number of fused-ring (bicyclic) bond motifs is 1. The molecule has 1 fully saturated rings. The third-order valence-electron chi connectivity index (χ3n) is 6.97. The zero-order valence-electron chi connectivity index (χ0n) is 23.4. The topological polar surface area (TPSA) is 157 Å². The van der Waals surface area contributed by atoms with Crippen molar-refractivity contribution in [2.24, 2.45) is 5.92 Å². The number of aliphatic hydroxyl groups excluding tert-OH is 1. The van der Waals surface area contributed by atoms with E-state index in [0.29, 0.717) is 11.2 Å². The smallest absolute Gasteiger partial charge is 0.459 e. The molecule has 0 amide bonds. The zero-order chi connectivity index (χ0) is 30.0. The van der Waals surface area contributed by atoms with Crippen LogP contribution in [0.2, 0.25) is 0 Å². The van der Waals surface area contributed by atoms with Crippen LogP contribution in [0.3, 0.4) is 0 Å². The highest BCUT2D eigenvalue weighted by Crippen LogP contribution is 2.52. The van der Waals surface area contributed by atoms with Gasteiger partial charge in [-0.15, -0.1) is 0 Å². The van der Waals surface area contributed by atoms with Crippen LogP contribution in [0.15, 0.2) is 48.8 Å². The summed E-state index contributed by atoms with van der Waals surface area (Å²) in [5, 5.41) is 28.0. The Bertz CT molecular complexity index is 1480. The molecule has 1 unspecified atom stereocenters. The van der Waals surface area contributed by atoms with E-state index in [-0.39, 0.29) is 24.0 Å². The number of aliphatic hydroxyl groups is 1. The Kier molecular flexibility index (Phi) is 8.82. The third kappa shape index (κ3) is 5.71. The molecule has 1 aliphatic heterocycles. The van der Waals surface area contributed by atoms with E-state index < -0.39 is 49.8 Å². The molecule has 4 rings (SSSR count). The number of alkyl halides is 1. The normalized spacial score (nSPS) is 26.4. The fourth-order valence-corrected chi connectivity index (χ4v) is 6.34. The lowest BCUT2D eigenvalue weighted by Gasteiger charge is -2.30. The number of aryl methyl sites for hydroxylation is 1. The van der Waals surface area contributed by atoms with Crippen molar-refractivity contribution >= 4 is 19.2 Å². The summed E-state index contributed by atoms with van der Waals surface area (Å²) in [5.41, 5.74) is -3.81. The number of esters is 1. The molecule has 3 aromatic rings. The van der Waals surface area contributed by atoms with Gasteiger partial charge in [0.1, 0.15) is 36.4 Å². The Morgan fingerprint density at radius 1 is 1.32 bits per heavy atom. The monoisotopic (exact) mass is 589 g/mol. The first kappa shape index (κ1) is 30.6. The Morgan fingerprint density at radius 2 is 2.02 bits per heavy atom. The van der Waals surface area contributed by atoms with Crippen LogP contribution in [0.4, 0.5) is 4.39 Å². The minimum atomic E-state index is -4.38. The molecule has 3 heterocycles. The van der Waals surface area contributed by atoms with Crippen LogP contribution in [0.25, 0.3) is 5.52 Å². The van der Waals surface area contributed by atoms with Gasteiger partial charge < -0.3 is 19.1 Å². The van der Waals surface area contributed by atoms with E-state index >= 15 is 4.39 Å². The van der Waals surface area contributed by atoms with Gasteiger partial charge in [0.2, 0.25) is 5.60 Å². The van der Waals surface area contributed by atoms with Crippen LogP contribution in [0.5, 0.6) is 5.75 Å². The standard InChI is InChI=1S/C27H33FN5O7P/c1-6-37-25(35)23(17(2)3)32-41(36,40-19-10-8-7-9-11-19)38-14-21-24(34)26(5,28)27(15-29,39-21)22-13-12-20-18(4)30-16-31-33(20)22/h7-13,16-17,21,23-24,34H,6,14H2,1-5H3,(H,32,36)/t21-,23+,24-,26-,27+,41?/m1/s1. The van der Waals surface area contributed by atoms with Gasteiger partial charge in [-0.05, 0) is 51.0 Å². The van der Waals surface area contributed by atoms with E-state index in [1.807, 2.05) is 6.07 Å². The lowest BCUT2D eigenvalue weighted by molar-refractivity contribution is -0.146. The SMILES string of the molecule is CCOC(=O)[C@@H](NP(=O)(OC[C@H]1O[C@@](C#N)(c2ccc3c(C)ncnn23)[C@](C)(F)[C@@H]1O)Oc1ccccc1)C(C)C. The van der Waals surface area contributed by atoms with Gasteiger partial charge >= 0.3 is 13.7 Å². The molecule has 1 aromatic carbocycles. The molecule has 1 aliphatic rings. The van der Waals surface area contributed by atoms with Crippen LogP contribution in [0.1, 0.15) is 39.1 Å². The van der Waals surface area contributed by atoms with Gasteiger partial charge in [0, 0.05) is 0 Å². The summed E-state index contributed by atoms with van der Waals surface area (Å²) < 4.78 is 54.1. The number of carbonyl (C=O) groups is 1. The van der Waals surface area contributed by atoms with Crippen molar-refractivity contribution in [3.8, 4) is 11.8 Å². The summed E-state index contributed by atoms with van der Waals surface area (Å²) in [6.07, 6.45) is -2.09. The quantitative estimate of drug-likeness (QED) is 0.249. The maximum atomic E-state index is 16.4. The van der Waals surface area contributed by atoms with Crippen molar-refractivity contribution < 1.29 is 37.4 Å². The predicted octanol–water partition coefficient (Wildman–Crippen LogP) is 3.63. The Morgan fingerprint density at radius 3 is 2.66 bits per heavy atom. The largest absolute Gasteiger partial charge is 0.465 e. The van der Waals surface area contributed by atoms with E-state index in [9.17, 15) is 19.7 Å². The number of rotatable bonds is 11. The molecule has 14 heteroatoms. The van der Waals surface area contributed by atoms with Crippen molar-refractivity contribution in [3.05, 3.63) is 60.2 Å². The number of halogens is 1. The molecule has 2 aromatic heterocycles. The molecule has 0 bridgehead atoms. The summed E-state index contributed by atoms with van der Waals surface area (Å²) in [6.45, 7) is 7.28. The number of hydrogen-bond acceptors (Lipinski definition) is 10. The average molecular weight is 590 g/mol. The second kappa shape index (κ2) is 11.8. The molecule has 0 aliphatic carbocycles. The molecule has 1 saturated heterocycles. The number of ether oxygens (including phenoxy) is 2. The minimum Gasteiger partial charge on any atom is -0.465 e. The fourth-order valence-electron chi connectivity index (χ4n) is 4.67. The van der Waals surface area contributed by atoms with Gasteiger partial charge in [-0.3, -0.25) is 9.32 Å². The lowest BCUT2D eigenvalue weighted by Crippen LogP contribution is -2.48. The molecule has 0 radical (unpaired) electrons. The van der Waals surface area contributed by atoms with E-state index in [2.05, 4.69) is 15.2 Å². The van der Waals surface area contributed by atoms with Gasteiger partial charge in [-0.1, -0.05) is 32.0 Å². The summed E-state index contributed by atoms with van der Waals surface area (Å²) in [5.74, 6) is -0.886. The van der Waals surface area contributed by atoms with Crippen LogP contribution >= 0.6 is 7.75 Å². The maximum absolute atomic E-state index is 16.4. The molecule has 41 heavy (non-hydrogen) atoms. The maximum Gasteiger partial charge on any atom is 0.459 e. The Labute approximate surface area is 237 Å². The van der Waals surface area contributed by atoms with Crippen molar-refractivity contribution in [1.29, 1.82) is 5.26 Å². The first-order chi connectivity index (χ1) is 19.4. The second-order valence-corrected chi connectivity index (χ2v) is 11.8. The van der Waals surface area contributed by atoms with E-state index in [0.717, 1.165) is 6.92 Å². The summed E-state index contributed by atoms with van der Waals surface area (Å²) in [7, 11) is -4.38. The molecular weight excluding hydrogens is 556 g/mol. The van der Waals surface area contributed by atoms with Crippen LogP contribution in [-0.2, 0) is 29.0 Å². The van der Waals surface area contributed by atoms with Crippen molar-refractivity contribution in [3.63, 3.8) is 0 Å². The third-order valence-corrected chi connectivity index (χ3v) is 8.50. The number of nitriles is 1. The number of carbonyl (C=O) groups excluding carboxylic acids is 1. The molecule has 0 spiro atoms. The Balaban J connectivity index is 1.65. The molecule has 0 saturated carbocycles. The summed E-state index contributed by atoms with van der Waals surface area (Å²) >= 11 is 0. The fraction of sp³-hybridized carbons (Fsp3) is 0.481. The highest BCUT2D eigenvalue weighted by atomic mass is 31.2. The minimum absolute atomic E-state index is 0.0380. The van der Waals surface area contributed by atoms with Crippen molar-refractivity contribution in [2.75, 3.05) is 13.2 Å². The van der Waals surface area contributed by atoms with Crippen LogP contribution in [-0.4, -0.2) is 62.8 Å². The molecule has 2 N–H and O–H groups in total. The highest BCUT2D eigenvalue weighted by Gasteiger charge is 2.67. The first-order valence-corrected chi connectivity index (χ1v) is 14.6. The van der Waals surface area contributed by atoms with E-state index in [1.54, 1.807) is 52.0 Å². The van der Waals surface area contributed by atoms with Gasteiger partial charge in [0.25, 0.3) is 0 Å². The van der Waals surface area contributed by atoms with Crippen LogP contribution < -0.4 is 9.61 Å². The van der Waals surface area contributed by atoms with Crippen molar-refractivity contribution in [1.82, 2.24) is 19.7 Å². The second-order valence-electron chi connectivity index (χ2n) is 10.1. The summed E-state index contributed by atoms with van der Waals surface area (Å²) in [6, 6.07) is 12.0. The first-order valence-electron chi connectivity index (χ1n) is 13.1. The average Bonchev–Trinajstić information content (AvgIpc) is 3.45. The highest BCUT2D eigenvalue weighted by molar-refractivity contribution is 7.52. The molecule has 220 valence electrons. The van der Waals surface area contributed by atoms with Gasteiger partial charge in [0.05, 0.1) is 30.1 Å². The summed E-state index contributed by atoms with van der Waals surface area (Å²) in [4.78, 5) is 16.7.